The molecule has 21 heavy (non-hydrogen) atoms. The fourth-order valence-corrected chi connectivity index (χ4v) is 1.86. The van der Waals surface area contributed by atoms with E-state index in [1.807, 2.05) is 24.3 Å². The third kappa shape index (κ3) is 3.98. The first-order valence-corrected chi connectivity index (χ1v) is 7.00. The number of anilines is 4. The Morgan fingerprint density at radius 3 is 2.81 bits per heavy atom. The van der Waals surface area contributed by atoms with Crippen LogP contribution in [-0.2, 0) is 0 Å². The summed E-state index contributed by atoms with van der Waals surface area (Å²) in [5, 5.41) is 6.40. The van der Waals surface area contributed by atoms with Gasteiger partial charge in [0, 0.05) is 18.3 Å². The van der Waals surface area contributed by atoms with E-state index in [1.54, 1.807) is 7.11 Å². The van der Waals surface area contributed by atoms with Crippen LogP contribution in [0.15, 0.2) is 30.6 Å². The lowest BCUT2D eigenvalue weighted by Crippen LogP contribution is -2.09. The SMILES string of the molecule is CCCCNc1ncnc(Nc2cccc(OC)c2)c1N. The second kappa shape index (κ2) is 7.33. The smallest absolute Gasteiger partial charge is 0.159 e. The average molecular weight is 287 g/mol. The highest BCUT2D eigenvalue weighted by molar-refractivity contribution is 5.77. The van der Waals surface area contributed by atoms with Crippen molar-refractivity contribution in [1.82, 2.24) is 9.97 Å². The summed E-state index contributed by atoms with van der Waals surface area (Å²) in [5.41, 5.74) is 7.47. The Morgan fingerprint density at radius 2 is 2.05 bits per heavy atom. The van der Waals surface area contributed by atoms with Gasteiger partial charge < -0.3 is 21.1 Å². The molecule has 0 fully saturated rings. The number of rotatable bonds is 7. The molecular weight excluding hydrogens is 266 g/mol. The highest BCUT2D eigenvalue weighted by Gasteiger charge is 2.08. The van der Waals surface area contributed by atoms with Crippen molar-refractivity contribution in [3.05, 3.63) is 30.6 Å². The van der Waals surface area contributed by atoms with Crippen LogP contribution in [0.1, 0.15) is 19.8 Å². The van der Waals surface area contributed by atoms with Gasteiger partial charge in [-0.3, -0.25) is 0 Å². The van der Waals surface area contributed by atoms with Crippen LogP contribution in [0.2, 0.25) is 0 Å². The van der Waals surface area contributed by atoms with Gasteiger partial charge in [0.15, 0.2) is 11.6 Å². The normalized spacial score (nSPS) is 10.2. The van der Waals surface area contributed by atoms with Gasteiger partial charge in [-0.1, -0.05) is 19.4 Å². The van der Waals surface area contributed by atoms with Crippen LogP contribution in [0.4, 0.5) is 23.0 Å². The summed E-state index contributed by atoms with van der Waals surface area (Å²) in [6.45, 7) is 2.98. The van der Waals surface area contributed by atoms with Crippen molar-refractivity contribution in [3.63, 3.8) is 0 Å². The van der Waals surface area contributed by atoms with E-state index in [1.165, 1.54) is 6.33 Å². The Balaban J connectivity index is 2.14. The third-order valence-electron chi connectivity index (χ3n) is 3.04. The number of nitrogen functional groups attached to an aromatic ring is 1. The van der Waals surface area contributed by atoms with Gasteiger partial charge in [0.2, 0.25) is 0 Å². The van der Waals surface area contributed by atoms with E-state index in [2.05, 4.69) is 27.5 Å². The number of nitrogens with zero attached hydrogens (tertiary/aromatic N) is 2. The van der Waals surface area contributed by atoms with Gasteiger partial charge >= 0.3 is 0 Å². The van der Waals surface area contributed by atoms with E-state index < -0.39 is 0 Å². The number of aromatic nitrogens is 2. The summed E-state index contributed by atoms with van der Waals surface area (Å²) in [7, 11) is 1.63. The molecule has 0 radical (unpaired) electrons. The molecule has 6 heteroatoms. The van der Waals surface area contributed by atoms with Crippen LogP contribution < -0.4 is 21.1 Å². The largest absolute Gasteiger partial charge is 0.497 e. The van der Waals surface area contributed by atoms with E-state index in [9.17, 15) is 0 Å². The van der Waals surface area contributed by atoms with E-state index in [-0.39, 0.29) is 0 Å². The molecule has 1 aromatic heterocycles. The predicted molar refractivity (Wildman–Crippen MR) is 86.1 cm³/mol. The molecule has 0 aliphatic heterocycles. The highest BCUT2D eigenvalue weighted by Crippen LogP contribution is 2.27. The molecule has 0 amide bonds. The van der Waals surface area contributed by atoms with Crippen molar-refractivity contribution >= 4 is 23.0 Å². The van der Waals surface area contributed by atoms with Crippen LogP contribution in [-0.4, -0.2) is 23.6 Å². The van der Waals surface area contributed by atoms with Crippen molar-refractivity contribution in [2.45, 2.75) is 19.8 Å². The van der Waals surface area contributed by atoms with E-state index in [0.717, 1.165) is 30.8 Å². The summed E-state index contributed by atoms with van der Waals surface area (Å²) >= 11 is 0. The molecule has 112 valence electrons. The van der Waals surface area contributed by atoms with Gasteiger partial charge in [-0.2, -0.15) is 0 Å². The van der Waals surface area contributed by atoms with Crippen molar-refractivity contribution in [2.75, 3.05) is 30.0 Å². The van der Waals surface area contributed by atoms with Gasteiger partial charge in [-0.25, -0.2) is 9.97 Å². The quantitative estimate of drug-likeness (QED) is 0.679. The zero-order valence-electron chi connectivity index (χ0n) is 12.4. The number of nitrogens with one attached hydrogen (secondary N) is 2. The molecule has 2 rings (SSSR count). The van der Waals surface area contributed by atoms with Gasteiger partial charge in [0.1, 0.15) is 17.8 Å². The maximum absolute atomic E-state index is 6.10. The minimum atomic E-state index is 0.511. The van der Waals surface area contributed by atoms with Crippen molar-refractivity contribution in [1.29, 1.82) is 0 Å². The van der Waals surface area contributed by atoms with Crippen LogP contribution >= 0.6 is 0 Å². The zero-order valence-corrected chi connectivity index (χ0v) is 12.4. The molecule has 0 saturated carbocycles. The standard InChI is InChI=1S/C15H21N5O/c1-3-4-8-17-14-13(16)15(19-10-18-14)20-11-6-5-7-12(9-11)21-2/h5-7,9-10H,3-4,8,16H2,1-2H3,(H2,17,18,19,20). The molecule has 0 atom stereocenters. The van der Waals surface area contributed by atoms with Crippen molar-refractivity contribution in [3.8, 4) is 5.75 Å². The summed E-state index contributed by atoms with van der Waals surface area (Å²) in [6.07, 6.45) is 3.68. The topological polar surface area (TPSA) is 85.1 Å². The Kier molecular flexibility index (Phi) is 5.20. The highest BCUT2D eigenvalue weighted by atomic mass is 16.5. The fraction of sp³-hybridized carbons (Fsp3) is 0.333. The Bertz CT molecular complexity index is 588. The lowest BCUT2D eigenvalue weighted by atomic mass is 10.3. The molecule has 1 heterocycles. The third-order valence-corrected chi connectivity index (χ3v) is 3.04. The second-order valence-electron chi connectivity index (χ2n) is 4.62. The van der Waals surface area contributed by atoms with Crippen LogP contribution in [0.25, 0.3) is 0 Å². The lowest BCUT2D eigenvalue weighted by molar-refractivity contribution is 0.415. The first-order valence-electron chi connectivity index (χ1n) is 7.00. The van der Waals surface area contributed by atoms with Gasteiger partial charge in [-0.15, -0.1) is 0 Å². The summed E-state index contributed by atoms with van der Waals surface area (Å²) < 4.78 is 5.20. The molecule has 0 bridgehead atoms. The van der Waals surface area contributed by atoms with E-state index >= 15 is 0 Å². The monoisotopic (exact) mass is 287 g/mol. The van der Waals surface area contributed by atoms with Gasteiger partial charge in [-0.05, 0) is 18.6 Å². The van der Waals surface area contributed by atoms with Crippen molar-refractivity contribution < 1.29 is 4.74 Å². The summed E-state index contributed by atoms with van der Waals surface area (Å²) in [6, 6.07) is 7.59. The second-order valence-corrected chi connectivity index (χ2v) is 4.62. The van der Waals surface area contributed by atoms with E-state index in [0.29, 0.717) is 17.3 Å². The Hall–Kier alpha value is -2.50. The number of nitrogens with two attached hydrogens (primary N) is 1. The molecular formula is C15H21N5O. The first kappa shape index (κ1) is 14.9. The minimum absolute atomic E-state index is 0.511. The zero-order chi connectivity index (χ0) is 15.1. The maximum atomic E-state index is 6.10. The average Bonchev–Trinajstić information content (AvgIpc) is 2.51. The Labute approximate surface area is 124 Å². The summed E-state index contributed by atoms with van der Waals surface area (Å²) in [5.74, 6) is 2.01. The van der Waals surface area contributed by atoms with Crippen LogP contribution in [0.5, 0.6) is 5.75 Å². The molecule has 0 spiro atoms. The minimum Gasteiger partial charge on any atom is -0.497 e. The Morgan fingerprint density at radius 1 is 1.24 bits per heavy atom. The van der Waals surface area contributed by atoms with Crippen molar-refractivity contribution in [2.24, 2.45) is 0 Å². The number of ether oxygens (including phenoxy) is 1. The maximum Gasteiger partial charge on any atom is 0.159 e. The van der Waals surface area contributed by atoms with E-state index in [4.69, 9.17) is 10.5 Å². The summed E-state index contributed by atoms with van der Waals surface area (Å²) in [4.78, 5) is 8.36. The molecule has 6 nitrogen and oxygen atoms in total. The molecule has 0 aliphatic carbocycles. The lowest BCUT2D eigenvalue weighted by Gasteiger charge is -2.12. The fourth-order valence-electron chi connectivity index (χ4n) is 1.86. The number of unbranched alkanes of at least 4 members (excludes halogenated alkanes) is 1. The molecule has 1 aromatic carbocycles. The number of methoxy groups -OCH3 is 1. The first-order chi connectivity index (χ1) is 10.2. The molecule has 0 unspecified atom stereocenters. The van der Waals surface area contributed by atoms with Gasteiger partial charge in [0.05, 0.1) is 7.11 Å². The molecule has 4 N–H and O–H groups in total. The molecule has 0 saturated heterocycles. The van der Waals surface area contributed by atoms with Crippen LogP contribution in [0.3, 0.4) is 0 Å². The number of benzene rings is 1. The number of hydrogen-bond donors (Lipinski definition) is 3. The van der Waals surface area contributed by atoms with Gasteiger partial charge in [0.25, 0.3) is 0 Å². The molecule has 0 aliphatic rings. The predicted octanol–water partition coefficient (Wildman–Crippen LogP) is 3.02. The van der Waals surface area contributed by atoms with Crippen LogP contribution in [0, 0.1) is 0 Å². The number of hydrogen-bond acceptors (Lipinski definition) is 6. The molecule has 2 aromatic rings.